The number of Topliss-reactive ketones (excluding diaryl/α,β-unsaturated/α-hetero) is 1. The molecule has 2 heteroatoms. The van der Waals surface area contributed by atoms with Gasteiger partial charge >= 0.3 is 0 Å². The van der Waals surface area contributed by atoms with Crippen molar-refractivity contribution >= 4 is 5.78 Å². The van der Waals surface area contributed by atoms with Crippen molar-refractivity contribution in [2.24, 2.45) is 34.5 Å². The molecule has 2 unspecified atom stereocenters. The summed E-state index contributed by atoms with van der Waals surface area (Å²) in [5, 5.41) is 0. The van der Waals surface area contributed by atoms with Crippen LogP contribution in [0.15, 0.2) is 24.3 Å². The molecule has 0 amide bonds. The number of allylic oxidation sites excluding steroid dienone is 2. The second-order valence-electron chi connectivity index (χ2n) is 9.36. The summed E-state index contributed by atoms with van der Waals surface area (Å²) in [6.07, 6.45) is 8.63. The van der Waals surface area contributed by atoms with Gasteiger partial charge in [0.05, 0.1) is 6.10 Å². The first kappa shape index (κ1) is 16.6. The molecule has 0 aromatic rings. The van der Waals surface area contributed by atoms with Gasteiger partial charge in [0.2, 0.25) is 0 Å². The van der Waals surface area contributed by atoms with Crippen LogP contribution in [-0.4, -0.2) is 19.0 Å². The maximum Gasteiger partial charge on any atom is 0.162 e. The summed E-state index contributed by atoms with van der Waals surface area (Å²) >= 11 is 0. The Hall–Kier alpha value is -0.890. The van der Waals surface area contributed by atoms with E-state index in [4.69, 9.17) is 4.74 Å². The molecule has 4 saturated carbocycles. The van der Waals surface area contributed by atoms with E-state index in [0.717, 1.165) is 17.4 Å². The molecule has 4 aliphatic carbocycles. The second-order valence-corrected chi connectivity index (χ2v) is 9.36. The predicted octanol–water partition coefficient (Wildman–Crippen LogP) is 4.95. The summed E-state index contributed by atoms with van der Waals surface area (Å²) in [6, 6.07) is 0. The van der Waals surface area contributed by atoms with E-state index in [0.29, 0.717) is 35.3 Å². The van der Waals surface area contributed by atoms with Crippen LogP contribution < -0.4 is 0 Å². The molecule has 0 aromatic heterocycles. The van der Waals surface area contributed by atoms with Crippen LogP contribution in [-0.2, 0) is 9.53 Å². The highest BCUT2D eigenvalue weighted by atomic mass is 16.5. The smallest absolute Gasteiger partial charge is 0.162 e. The molecule has 0 saturated heterocycles. The molecule has 0 aliphatic heterocycles. The lowest BCUT2D eigenvalue weighted by Gasteiger charge is -2.60. The van der Waals surface area contributed by atoms with E-state index in [1.54, 1.807) is 0 Å². The Morgan fingerprint density at radius 1 is 1.04 bits per heavy atom. The monoisotopic (exact) mass is 328 g/mol. The summed E-state index contributed by atoms with van der Waals surface area (Å²) in [7, 11) is 1.89. The second kappa shape index (κ2) is 5.30. The average Bonchev–Trinajstić information content (AvgIpc) is 2.91. The van der Waals surface area contributed by atoms with Gasteiger partial charge in [-0.25, -0.2) is 0 Å². The molecule has 0 aromatic carbocycles. The number of ketones is 1. The summed E-state index contributed by atoms with van der Waals surface area (Å²) in [5.41, 5.74) is 2.20. The van der Waals surface area contributed by atoms with Crippen LogP contribution in [0.4, 0.5) is 0 Å². The van der Waals surface area contributed by atoms with Crippen molar-refractivity contribution in [3.05, 3.63) is 24.3 Å². The van der Waals surface area contributed by atoms with Crippen molar-refractivity contribution in [2.45, 2.75) is 64.9 Å². The zero-order valence-electron chi connectivity index (χ0n) is 15.6. The van der Waals surface area contributed by atoms with Gasteiger partial charge in [0, 0.05) is 19.1 Å². The Morgan fingerprint density at radius 2 is 1.79 bits per heavy atom. The topological polar surface area (TPSA) is 26.3 Å². The molecule has 0 bridgehead atoms. The van der Waals surface area contributed by atoms with E-state index in [1.807, 2.05) is 7.11 Å². The zero-order valence-corrected chi connectivity index (χ0v) is 15.6. The summed E-state index contributed by atoms with van der Waals surface area (Å²) in [4.78, 5) is 12.3. The van der Waals surface area contributed by atoms with Gasteiger partial charge in [0.15, 0.2) is 5.78 Å². The Labute approximate surface area is 146 Å². The third-order valence-corrected chi connectivity index (χ3v) is 8.88. The number of fused-ring (bicyclic) bond motifs is 5. The summed E-state index contributed by atoms with van der Waals surface area (Å²) in [5.74, 6) is 2.93. The first-order chi connectivity index (χ1) is 11.3. The molecular weight excluding hydrogens is 296 g/mol. The number of hydrogen-bond donors (Lipinski definition) is 0. The molecule has 24 heavy (non-hydrogen) atoms. The lowest BCUT2D eigenvalue weighted by atomic mass is 9.44. The van der Waals surface area contributed by atoms with Crippen LogP contribution in [0.1, 0.15) is 58.8 Å². The number of rotatable bonds is 1. The van der Waals surface area contributed by atoms with Crippen molar-refractivity contribution in [2.75, 3.05) is 7.11 Å². The molecule has 0 heterocycles. The van der Waals surface area contributed by atoms with Gasteiger partial charge in [0.1, 0.15) is 0 Å². The quantitative estimate of drug-likeness (QED) is 0.637. The van der Waals surface area contributed by atoms with Gasteiger partial charge in [-0.15, -0.1) is 0 Å². The third-order valence-electron chi connectivity index (χ3n) is 8.88. The van der Waals surface area contributed by atoms with Gasteiger partial charge < -0.3 is 4.74 Å². The largest absolute Gasteiger partial charge is 0.381 e. The number of carbonyl (C=O) groups excluding carboxylic acids is 1. The van der Waals surface area contributed by atoms with E-state index in [2.05, 4.69) is 27.0 Å². The molecule has 4 rings (SSSR count). The van der Waals surface area contributed by atoms with Crippen molar-refractivity contribution in [1.82, 2.24) is 0 Å². The van der Waals surface area contributed by atoms with Crippen molar-refractivity contribution in [1.29, 1.82) is 0 Å². The van der Waals surface area contributed by atoms with E-state index < -0.39 is 0 Å². The Balaban J connectivity index is 1.69. The highest BCUT2D eigenvalue weighted by Gasteiger charge is 2.61. The first-order valence-electron chi connectivity index (χ1n) is 9.78. The minimum atomic E-state index is 0.0837. The lowest BCUT2D eigenvalue weighted by Crippen LogP contribution is -2.55. The number of carbonyl (C=O) groups is 1. The SMILES string of the molecule is C=C1C(=C)[C@@]2(C)C(CC[C@@H]3[C@H]2CC[C@]2(C)C(OC)CC[C@@H]32)CC1=O. The average molecular weight is 328 g/mol. The van der Waals surface area contributed by atoms with E-state index in [-0.39, 0.29) is 11.2 Å². The van der Waals surface area contributed by atoms with Crippen molar-refractivity contribution < 1.29 is 9.53 Å². The minimum absolute atomic E-state index is 0.0837. The van der Waals surface area contributed by atoms with Crippen molar-refractivity contribution in [3.8, 4) is 0 Å². The number of hydrogen-bond acceptors (Lipinski definition) is 2. The van der Waals surface area contributed by atoms with E-state index in [9.17, 15) is 4.79 Å². The van der Waals surface area contributed by atoms with E-state index in [1.165, 1.54) is 38.5 Å². The highest BCUT2D eigenvalue weighted by Crippen LogP contribution is 2.67. The molecule has 4 aliphatic rings. The van der Waals surface area contributed by atoms with Gasteiger partial charge in [0.25, 0.3) is 0 Å². The Kier molecular flexibility index (Phi) is 3.66. The van der Waals surface area contributed by atoms with Gasteiger partial charge in [-0.1, -0.05) is 27.0 Å². The molecular formula is C22H32O2. The van der Waals surface area contributed by atoms with Crippen LogP contribution in [0.2, 0.25) is 0 Å². The van der Waals surface area contributed by atoms with Crippen LogP contribution in [0.5, 0.6) is 0 Å². The minimum Gasteiger partial charge on any atom is -0.381 e. The fourth-order valence-electron chi connectivity index (χ4n) is 7.39. The van der Waals surface area contributed by atoms with Gasteiger partial charge in [-0.3, -0.25) is 4.79 Å². The van der Waals surface area contributed by atoms with Crippen LogP contribution in [0, 0.1) is 34.5 Å². The van der Waals surface area contributed by atoms with Crippen LogP contribution >= 0.6 is 0 Å². The standard InChI is InChI=1S/C22H32O2/c1-13-14(2)22(4)15(12-19(13)23)6-7-16-17-8-9-20(24-5)21(17,3)11-10-18(16)22/h15-18,20H,1-2,6-12H2,3-5H3/t15?,16-,17-,18+,20?,21-,22-/m0/s1. The van der Waals surface area contributed by atoms with Gasteiger partial charge in [-0.05, 0) is 78.6 Å². The number of methoxy groups -OCH3 is 1. The molecule has 132 valence electrons. The molecule has 2 nitrogen and oxygen atoms in total. The highest BCUT2D eigenvalue weighted by molar-refractivity contribution is 6.00. The van der Waals surface area contributed by atoms with Crippen LogP contribution in [0.3, 0.4) is 0 Å². The maximum atomic E-state index is 12.3. The van der Waals surface area contributed by atoms with Gasteiger partial charge in [-0.2, -0.15) is 0 Å². The molecule has 0 N–H and O–H groups in total. The Morgan fingerprint density at radius 3 is 2.50 bits per heavy atom. The first-order valence-corrected chi connectivity index (χ1v) is 9.78. The molecule has 4 fully saturated rings. The maximum absolute atomic E-state index is 12.3. The van der Waals surface area contributed by atoms with E-state index >= 15 is 0 Å². The summed E-state index contributed by atoms with van der Waals surface area (Å²) in [6.45, 7) is 13.3. The summed E-state index contributed by atoms with van der Waals surface area (Å²) < 4.78 is 5.87. The zero-order chi connectivity index (χ0) is 17.3. The van der Waals surface area contributed by atoms with Crippen LogP contribution in [0.25, 0.3) is 0 Å². The normalized spacial score (nSPS) is 51.1. The molecule has 7 atom stereocenters. The fourth-order valence-corrected chi connectivity index (χ4v) is 7.39. The Bertz CT molecular complexity index is 605. The fraction of sp³-hybridized carbons (Fsp3) is 0.773. The molecule has 0 radical (unpaired) electrons. The predicted molar refractivity (Wildman–Crippen MR) is 96.6 cm³/mol. The van der Waals surface area contributed by atoms with Crippen molar-refractivity contribution in [3.63, 3.8) is 0 Å². The third kappa shape index (κ3) is 1.90. The lowest BCUT2D eigenvalue weighted by molar-refractivity contribution is -0.128. The number of ether oxygens (including phenoxy) is 1. The molecule has 0 spiro atoms.